The summed E-state index contributed by atoms with van der Waals surface area (Å²) in [5.41, 5.74) is 3.45. The Hall–Kier alpha value is -2.53. The lowest BCUT2D eigenvalue weighted by atomic mass is 9.85. The van der Waals surface area contributed by atoms with Gasteiger partial charge in [-0.2, -0.15) is 0 Å². The van der Waals surface area contributed by atoms with Gasteiger partial charge in [-0.3, -0.25) is 9.69 Å². The molecule has 2 aliphatic heterocycles. The van der Waals surface area contributed by atoms with E-state index in [1.54, 1.807) is 7.11 Å². The van der Waals surface area contributed by atoms with E-state index in [0.29, 0.717) is 13.0 Å². The molecule has 0 aliphatic carbocycles. The first-order valence-corrected chi connectivity index (χ1v) is 10.1. The van der Waals surface area contributed by atoms with Crippen LogP contribution in [0.3, 0.4) is 0 Å². The summed E-state index contributed by atoms with van der Waals surface area (Å²) in [6.07, 6.45) is 3.59. The standard InChI is InChI=1S/C23H29N3O2/c1-28-20-9-7-18(8-10-20)17-26-13-4-11-23(12-14-26)15-22(27)24-16-19-5-2-3-6-21(19)25-23/h2-3,5-10,25H,4,11-17H2,1H3,(H,24,27)/t23-/m1/s1. The number of para-hydroxylation sites is 1. The molecule has 1 amide bonds. The van der Waals surface area contributed by atoms with Crippen LogP contribution in [0.5, 0.6) is 5.75 Å². The lowest BCUT2D eigenvalue weighted by molar-refractivity contribution is -0.122. The fourth-order valence-electron chi connectivity index (χ4n) is 4.39. The van der Waals surface area contributed by atoms with E-state index in [2.05, 4.69) is 45.9 Å². The molecule has 0 saturated carbocycles. The van der Waals surface area contributed by atoms with E-state index in [9.17, 15) is 4.79 Å². The highest BCUT2D eigenvalue weighted by Gasteiger charge is 2.36. The average Bonchev–Trinajstić information content (AvgIpc) is 2.89. The van der Waals surface area contributed by atoms with E-state index in [-0.39, 0.29) is 11.4 Å². The van der Waals surface area contributed by atoms with Crippen molar-refractivity contribution in [2.24, 2.45) is 0 Å². The third-order valence-corrected chi connectivity index (χ3v) is 5.99. The van der Waals surface area contributed by atoms with E-state index in [1.165, 1.54) is 5.56 Å². The second kappa shape index (κ2) is 8.23. The number of nitrogens with zero attached hydrogens (tertiary/aromatic N) is 1. The maximum Gasteiger partial charge on any atom is 0.222 e. The van der Waals surface area contributed by atoms with Crippen LogP contribution in [-0.4, -0.2) is 36.5 Å². The van der Waals surface area contributed by atoms with Gasteiger partial charge in [0.05, 0.1) is 7.11 Å². The molecule has 5 nitrogen and oxygen atoms in total. The summed E-state index contributed by atoms with van der Waals surface area (Å²) >= 11 is 0. The predicted molar refractivity (Wildman–Crippen MR) is 111 cm³/mol. The van der Waals surface area contributed by atoms with E-state index in [4.69, 9.17) is 4.74 Å². The Kier molecular flexibility index (Phi) is 5.53. The van der Waals surface area contributed by atoms with Gasteiger partial charge in [-0.25, -0.2) is 0 Å². The zero-order valence-electron chi connectivity index (χ0n) is 16.5. The summed E-state index contributed by atoms with van der Waals surface area (Å²) in [5.74, 6) is 1.03. The summed E-state index contributed by atoms with van der Waals surface area (Å²) in [5, 5.41) is 6.87. The van der Waals surface area contributed by atoms with Crippen LogP contribution in [0.1, 0.15) is 36.8 Å². The highest BCUT2D eigenvalue weighted by Crippen LogP contribution is 2.33. The number of ether oxygens (including phenoxy) is 1. The van der Waals surface area contributed by atoms with E-state index < -0.39 is 0 Å². The molecule has 4 rings (SSSR count). The smallest absolute Gasteiger partial charge is 0.222 e. The Labute approximate surface area is 167 Å². The number of hydrogen-bond donors (Lipinski definition) is 2. The molecule has 1 spiro atoms. The van der Waals surface area contributed by atoms with Crippen molar-refractivity contribution in [1.29, 1.82) is 0 Å². The van der Waals surface area contributed by atoms with Crippen molar-refractivity contribution in [3.63, 3.8) is 0 Å². The number of carbonyl (C=O) groups is 1. The zero-order chi connectivity index (χ0) is 19.4. The van der Waals surface area contributed by atoms with Crippen LogP contribution >= 0.6 is 0 Å². The van der Waals surface area contributed by atoms with Crippen molar-refractivity contribution in [3.8, 4) is 5.75 Å². The summed E-state index contributed by atoms with van der Waals surface area (Å²) in [7, 11) is 1.69. The fourth-order valence-corrected chi connectivity index (χ4v) is 4.39. The van der Waals surface area contributed by atoms with Crippen LogP contribution in [0.2, 0.25) is 0 Å². The van der Waals surface area contributed by atoms with Gasteiger partial charge in [-0.15, -0.1) is 0 Å². The molecule has 0 bridgehead atoms. The van der Waals surface area contributed by atoms with Crippen molar-refractivity contribution in [2.45, 2.75) is 44.3 Å². The second-order valence-electron chi connectivity index (χ2n) is 7.99. The lowest BCUT2D eigenvalue weighted by Crippen LogP contribution is -2.46. The minimum Gasteiger partial charge on any atom is -0.497 e. The predicted octanol–water partition coefficient (Wildman–Crippen LogP) is 3.55. The number of likely N-dealkylation sites (tertiary alicyclic amines) is 1. The number of nitrogens with one attached hydrogen (secondary N) is 2. The SMILES string of the molecule is COc1ccc(CN2CCC[C@@]3(CC2)CC(=O)NCc2ccccc2N3)cc1. The minimum absolute atomic E-state index is 0.144. The number of amides is 1. The Morgan fingerprint density at radius 1 is 1.07 bits per heavy atom. The van der Waals surface area contributed by atoms with Gasteiger partial charge in [-0.05, 0) is 55.1 Å². The van der Waals surface area contributed by atoms with Gasteiger partial charge < -0.3 is 15.4 Å². The third-order valence-electron chi connectivity index (χ3n) is 5.99. The summed E-state index contributed by atoms with van der Waals surface area (Å²) < 4.78 is 5.26. The van der Waals surface area contributed by atoms with Crippen molar-refractivity contribution in [1.82, 2.24) is 10.2 Å². The molecule has 1 atom stereocenters. The first kappa shape index (κ1) is 18.8. The van der Waals surface area contributed by atoms with Crippen molar-refractivity contribution in [2.75, 3.05) is 25.5 Å². The summed E-state index contributed by atoms with van der Waals surface area (Å²) in [6.45, 7) is 3.57. The first-order chi connectivity index (χ1) is 13.7. The number of anilines is 1. The summed E-state index contributed by atoms with van der Waals surface area (Å²) in [4.78, 5) is 15.0. The number of hydrogen-bond acceptors (Lipinski definition) is 4. The molecule has 0 radical (unpaired) electrons. The van der Waals surface area contributed by atoms with E-state index >= 15 is 0 Å². The topological polar surface area (TPSA) is 53.6 Å². The highest BCUT2D eigenvalue weighted by atomic mass is 16.5. The van der Waals surface area contributed by atoms with Crippen LogP contribution in [0.25, 0.3) is 0 Å². The van der Waals surface area contributed by atoms with Crippen LogP contribution in [0.4, 0.5) is 5.69 Å². The second-order valence-corrected chi connectivity index (χ2v) is 7.99. The van der Waals surface area contributed by atoms with Crippen molar-refractivity contribution < 1.29 is 9.53 Å². The first-order valence-electron chi connectivity index (χ1n) is 10.1. The molecule has 28 heavy (non-hydrogen) atoms. The van der Waals surface area contributed by atoms with Crippen LogP contribution in [0.15, 0.2) is 48.5 Å². The van der Waals surface area contributed by atoms with Gasteiger partial charge in [0.25, 0.3) is 0 Å². The van der Waals surface area contributed by atoms with E-state index in [1.807, 2.05) is 18.2 Å². The molecular weight excluding hydrogens is 350 g/mol. The lowest BCUT2D eigenvalue weighted by Gasteiger charge is -2.37. The summed E-state index contributed by atoms with van der Waals surface area (Å²) in [6, 6.07) is 16.6. The Morgan fingerprint density at radius 3 is 2.71 bits per heavy atom. The quantitative estimate of drug-likeness (QED) is 0.856. The molecular formula is C23H29N3O2. The van der Waals surface area contributed by atoms with Crippen molar-refractivity contribution >= 4 is 11.6 Å². The third kappa shape index (κ3) is 4.30. The highest BCUT2D eigenvalue weighted by molar-refractivity contribution is 5.79. The number of benzene rings is 2. The van der Waals surface area contributed by atoms with Gasteiger partial charge in [0.2, 0.25) is 5.91 Å². The molecule has 2 aliphatic rings. The monoisotopic (exact) mass is 379 g/mol. The van der Waals surface area contributed by atoms with Crippen molar-refractivity contribution in [3.05, 3.63) is 59.7 Å². The molecule has 0 unspecified atom stereocenters. The van der Waals surface area contributed by atoms with Gasteiger partial charge in [0.15, 0.2) is 0 Å². The Bertz CT molecular complexity index is 821. The molecule has 5 heteroatoms. The van der Waals surface area contributed by atoms with Crippen LogP contribution in [0, 0.1) is 0 Å². The maximum absolute atomic E-state index is 12.5. The zero-order valence-corrected chi connectivity index (χ0v) is 16.5. The molecule has 2 N–H and O–H groups in total. The van der Waals surface area contributed by atoms with Gasteiger partial charge in [0, 0.05) is 37.3 Å². The number of fused-ring (bicyclic) bond motifs is 1. The molecule has 2 heterocycles. The Morgan fingerprint density at radius 2 is 1.89 bits per heavy atom. The number of methoxy groups -OCH3 is 1. The Balaban J connectivity index is 1.47. The van der Waals surface area contributed by atoms with Gasteiger partial charge >= 0.3 is 0 Å². The van der Waals surface area contributed by atoms with Gasteiger partial charge in [0.1, 0.15) is 5.75 Å². The normalized spacial score (nSPS) is 23.0. The number of rotatable bonds is 3. The molecule has 0 aromatic heterocycles. The molecule has 1 saturated heterocycles. The minimum atomic E-state index is -0.171. The van der Waals surface area contributed by atoms with E-state index in [0.717, 1.165) is 55.9 Å². The molecule has 1 fully saturated rings. The van der Waals surface area contributed by atoms with Gasteiger partial charge in [-0.1, -0.05) is 30.3 Å². The fraction of sp³-hybridized carbons (Fsp3) is 0.435. The molecule has 2 aromatic rings. The maximum atomic E-state index is 12.5. The molecule has 2 aromatic carbocycles. The van der Waals surface area contributed by atoms with Crippen LogP contribution < -0.4 is 15.4 Å². The largest absolute Gasteiger partial charge is 0.497 e. The molecule has 148 valence electrons. The average molecular weight is 380 g/mol. The van der Waals surface area contributed by atoms with Crippen LogP contribution in [-0.2, 0) is 17.9 Å². The number of carbonyl (C=O) groups excluding carboxylic acids is 1.